The number of hydrogen-bond donors (Lipinski definition) is 0. The van der Waals surface area contributed by atoms with Crippen LogP contribution in [0.2, 0.25) is 0 Å². The number of halogens is 6. The molecule has 4 rings (SSSR count). The van der Waals surface area contributed by atoms with E-state index >= 15 is 0 Å². The lowest BCUT2D eigenvalue weighted by atomic mass is 10.1. The van der Waals surface area contributed by atoms with E-state index in [0.717, 1.165) is 50.8 Å². The van der Waals surface area contributed by atoms with E-state index in [0.29, 0.717) is 5.22 Å². The molecule has 0 saturated carbocycles. The van der Waals surface area contributed by atoms with Gasteiger partial charge in [-0.15, -0.1) is 40.7 Å². The molecule has 0 spiro atoms. The molecule has 0 radical (unpaired) electrons. The molecule has 0 fully saturated rings. The minimum absolute atomic E-state index is 0.183. The first-order valence-corrected chi connectivity index (χ1v) is 17.8. The quantitative estimate of drug-likeness (QED) is 0.0663. The Hall–Kier alpha value is -3.08. The molecule has 0 N–H and O–H groups in total. The summed E-state index contributed by atoms with van der Waals surface area (Å²) in [6, 6.07) is 16.0. The molecule has 2 heterocycles. The van der Waals surface area contributed by atoms with E-state index in [1.165, 1.54) is 36.1 Å². The maximum Gasteiger partial charge on any atom is 0.550 e. The number of benzene rings is 2. The second kappa shape index (κ2) is 15.0. The van der Waals surface area contributed by atoms with Crippen molar-refractivity contribution in [2.24, 2.45) is 0 Å². The van der Waals surface area contributed by atoms with Crippen molar-refractivity contribution in [2.75, 3.05) is 18.0 Å². The fraction of sp³-hybridized carbons (Fsp3) is 0.250. The van der Waals surface area contributed by atoms with Crippen molar-refractivity contribution in [2.45, 2.75) is 39.6 Å². The predicted molar refractivity (Wildman–Crippen MR) is 182 cm³/mol. The fourth-order valence-corrected chi connectivity index (χ4v) is 7.99. The monoisotopic (exact) mass is 733 g/mol. The smallest absolute Gasteiger partial charge is 0.372 e. The Balaban J connectivity index is 1.64. The Morgan fingerprint density at radius 1 is 0.830 bits per heavy atom. The Bertz CT molecular complexity index is 1970. The van der Waals surface area contributed by atoms with Gasteiger partial charge in [-0.1, -0.05) is 36.4 Å². The van der Waals surface area contributed by atoms with Crippen molar-refractivity contribution in [3.63, 3.8) is 0 Å². The first-order valence-electron chi connectivity index (χ1n) is 14.0. The third-order valence-corrected chi connectivity index (χ3v) is 11.4. The van der Waals surface area contributed by atoms with E-state index in [9.17, 15) is 34.8 Å². The number of hydrogen-bond acceptors (Lipinski definition) is 8. The van der Waals surface area contributed by atoms with Crippen molar-refractivity contribution in [3.05, 3.63) is 85.9 Å². The molecule has 0 amide bonds. The van der Waals surface area contributed by atoms with Crippen LogP contribution in [0.15, 0.2) is 54.6 Å². The lowest BCUT2D eigenvalue weighted by Gasteiger charge is -2.20. The van der Waals surface area contributed by atoms with Crippen LogP contribution in [0.25, 0.3) is 43.5 Å². The van der Waals surface area contributed by atoms with Gasteiger partial charge in [0.2, 0.25) is 0 Å². The van der Waals surface area contributed by atoms with Gasteiger partial charge >= 0.3 is 11.9 Å². The number of rotatable bonds is 11. The molecular weight excluding hydrogens is 705 g/mol. The molecule has 5 nitrogen and oxygen atoms in total. The second-order valence-electron chi connectivity index (χ2n) is 10.0. The van der Waals surface area contributed by atoms with Crippen molar-refractivity contribution < 1.29 is 44.0 Å². The van der Waals surface area contributed by atoms with Gasteiger partial charge in [0, 0.05) is 42.8 Å². The minimum atomic E-state index is -5.61. The van der Waals surface area contributed by atoms with Crippen LogP contribution in [0, 0.1) is 0 Å². The van der Waals surface area contributed by atoms with Gasteiger partial charge in [-0.2, -0.15) is 17.5 Å². The van der Waals surface area contributed by atoms with Gasteiger partial charge in [0.05, 0.1) is 16.9 Å². The van der Waals surface area contributed by atoms with Gasteiger partial charge in [-0.05, 0) is 91.7 Å². The van der Waals surface area contributed by atoms with E-state index in [2.05, 4.69) is 52.2 Å². The summed E-state index contributed by atoms with van der Waals surface area (Å²) in [6.07, 6.45) is 2.28. The van der Waals surface area contributed by atoms with Gasteiger partial charge in [-0.3, -0.25) is 0 Å². The first-order chi connectivity index (χ1) is 22.0. The summed E-state index contributed by atoms with van der Waals surface area (Å²) in [6.45, 7) is 8.36. The number of anilines is 1. The average molecular weight is 734 g/mol. The molecule has 0 bridgehead atoms. The molecule has 0 saturated heterocycles. The Morgan fingerprint density at radius 3 is 1.94 bits per heavy atom. The Labute approximate surface area is 280 Å². The van der Waals surface area contributed by atoms with Crippen LogP contribution in [0.1, 0.15) is 48.6 Å². The zero-order chi connectivity index (χ0) is 34.6. The molecule has 0 aliphatic heterocycles. The number of nitrogens with zero attached hydrogens (tertiary/aromatic N) is 1. The van der Waals surface area contributed by atoms with E-state index in [4.69, 9.17) is 0 Å². The maximum absolute atomic E-state index is 13.2. The van der Waals surface area contributed by atoms with E-state index in [-0.39, 0.29) is 27.7 Å². The number of alkyl halides is 6. The summed E-state index contributed by atoms with van der Waals surface area (Å²) < 4.78 is 107. The highest BCUT2D eigenvalue weighted by molar-refractivity contribution is 8.03. The van der Waals surface area contributed by atoms with Crippen LogP contribution in [0.3, 0.4) is 0 Å². The zero-order valence-corrected chi connectivity index (χ0v) is 28.7. The summed E-state index contributed by atoms with van der Waals surface area (Å²) >= 11 is 3.31. The number of thiophene rings is 2. The molecule has 252 valence electrons. The van der Waals surface area contributed by atoms with Crippen molar-refractivity contribution in [1.82, 2.24) is 0 Å². The largest absolute Gasteiger partial charge is 0.550 e. The molecule has 2 aromatic heterocycles. The normalized spacial score (nSPS) is 14.4. The highest BCUT2D eigenvalue weighted by Gasteiger charge is 2.46. The first kappa shape index (κ1) is 36.8. The summed E-state index contributed by atoms with van der Waals surface area (Å²) in [5.41, 5.74) is -3.01. The molecule has 0 atom stereocenters. The second-order valence-corrected chi connectivity index (χ2v) is 15.2. The van der Waals surface area contributed by atoms with Crippen molar-refractivity contribution >= 4 is 93.8 Å². The highest BCUT2D eigenvalue weighted by Crippen LogP contribution is 2.35. The molecule has 0 unspecified atom stereocenters. The van der Waals surface area contributed by atoms with Crippen LogP contribution in [-0.4, -0.2) is 33.4 Å². The summed E-state index contributed by atoms with van der Waals surface area (Å²) in [5.74, 6) is 0. The number of sulfone groups is 1. The van der Waals surface area contributed by atoms with Crippen molar-refractivity contribution in [3.8, 4) is 0 Å². The van der Waals surface area contributed by atoms with Crippen LogP contribution in [0.5, 0.6) is 0 Å². The summed E-state index contributed by atoms with van der Waals surface area (Å²) in [7, 11) is -5.61. The molecule has 47 heavy (non-hydrogen) atoms. The van der Waals surface area contributed by atoms with Crippen LogP contribution in [0.4, 0.5) is 32.0 Å². The summed E-state index contributed by atoms with van der Waals surface area (Å²) in [4.78, 5) is 6.73. The third-order valence-electron chi connectivity index (χ3n) is 6.97. The SMILES string of the molecule is CCN(CC)c1ccc(/C=C/c2cc3sc(/C=C/c4c/c(=C(\C)S(=O)(=O)C(F)(F)F)cc/c4=C(/C)SOOC(F)(F)F)cc3s2)cc1. The van der Waals surface area contributed by atoms with Gasteiger partial charge in [0.25, 0.3) is 9.84 Å². The van der Waals surface area contributed by atoms with E-state index in [1.807, 2.05) is 24.3 Å². The zero-order valence-electron chi connectivity index (χ0n) is 25.4. The molecule has 0 aliphatic rings. The van der Waals surface area contributed by atoms with Crippen LogP contribution in [-0.2, 0) is 19.1 Å². The van der Waals surface area contributed by atoms with Crippen LogP contribution < -0.4 is 15.3 Å². The molecule has 0 aliphatic carbocycles. The minimum Gasteiger partial charge on any atom is -0.372 e. The number of fused-ring (bicyclic) bond motifs is 1. The average Bonchev–Trinajstić information content (AvgIpc) is 3.57. The highest BCUT2D eigenvalue weighted by atomic mass is 32.2. The summed E-state index contributed by atoms with van der Waals surface area (Å²) in [5, 5.41) is 0.0798. The van der Waals surface area contributed by atoms with Crippen molar-refractivity contribution in [1.29, 1.82) is 0 Å². The lowest BCUT2D eigenvalue weighted by molar-refractivity contribution is -0.439. The molecule has 4 aromatic rings. The van der Waals surface area contributed by atoms with Crippen LogP contribution >= 0.6 is 34.7 Å². The van der Waals surface area contributed by atoms with Gasteiger partial charge in [0.1, 0.15) is 0 Å². The predicted octanol–water partition coefficient (Wildman–Crippen LogP) is 9.46. The maximum atomic E-state index is 13.2. The fourth-order valence-electron chi connectivity index (χ4n) is 4.49. The van der Waals surface area contributed by atoms with Gasteiger partial charge in [0.15, 0.2) is 0 Å². The standard InChI is InChI=1S/C32H29F6NO4S4/c1-5-39(6-2)25-12-7-22(8-13-25)9-14-26-18-29-30(44-26)19-27(45-29)15-10-24-17-23(21(4)47(40,41)32(36,37)38)11-16-28(24)20(3)46-43-42-31(33,34)35/h7-19H,5-6H2,1-4H3/b14-9+,15-10+,23-21+,28-20+. The molecule has 2 aromatic carbocycles. The lowest BCUT2D eigenvalue weighted by Crippen LogP contribution is -2.27. The Morgan fingerprint density at radius 2 is 1.40 bits per heavy atom. The van der Waals surface area contributed by atoms with E-state index < -0.39 is 26.6 Å². The third kappa shape index (κ3) is 9.30. The van der Waals surface area contributed by atoms with Gasteiger partial charge < -0.3 is 4.90 Å². The Kier molecular flexibility index (Phi) is 11.7. The van der Waals surface area contributed by atoms with E-state index in [1.54, 1.807) is 23.5 Å². The van der Waals surface area contributed by atoms with Gasteiger partial charge in [-0.25, -0.2) is 8.42 Å². The molecule has 15 heteroatoms. The molecular formula is C32H29F6NO4S4. The topological polar surface area (TPSA) is 55.8 Å².